The maximum Gasteiger partial charge on any atom is 0.171 e. The molecule has 0 aliphatic carbocycles. The first-order chi connectivity index (χ1) is 10.2. The van der Waals surface area contributed by atoms with E-state index in [1.54, 1.807) is 0 Å². The Bertz CT molecular complexity index is 601. The van der Waals surface area contributed by atoms with Gasteiger partial charge in [-0.15, -0.1) is 0 Å². The van der Waals surface area contributed by atoms with Crippen LogP contribution in [-0.2, 0) is 6.54 Å². The van der Waals surface area contributed by atoms with Crippen molar-refractivity contribution in [3.63, 3.8) is 0 Å². The molecule has 0 unspecified atom stereocenters. The van der Waals surface area contributed by atoms with E-state index in [-0.39, 0.29) is 0 Å². The van der Waals surface area contributed by atoms with Crippen molar-refractivity contribution in [3.05, 3.63) is 59.1 Å². The van der Waals surface area contributed by atoms with Gasteiger partial charge in [-0.1, -0.05) is 23.7 Å². The van der Waals surface area contributed by atoms with Crippen molar-refractivity contribution in [3.8, 4) is 5.75 Å². The van der Waals surface area contributed by atoms with Crippen molar-refractivity contribution in [1.82, 2.24) is 5.32 Å². The lowest BCUT2D eigenvalue weighted by Crippen LogP contribution is -2.27. The molecule has 2 rings (SSSR count). The molecule has 0 aromatic heterocycles. The van der Waals surface area contributed by atoms with Crippen LogP contribution >= 0.6 is 23.8 Å². The molecule has 0 spiro atoms. The molecule has 0 saturated carbocycles. The lowest BCUT2D eigenvalue weighted by Gasteiger charge is -2.11. The number of benzene rings is 2. The summed E-state index contributed by atoms with van der Waals surface area (Å²) >= 11 is 11.1. The largest absolute Gasteiger partial charge is 0.494 e. The molecule has 0 aliphatic rings. The van der Waals surface area contributed by atoms with Crippen LogP contribution in [0.25, 0.3) is 0 Å². The maximum absolute atomic E-state index is 5.84. The fraction of sp³-hybridized carbons (Fsp3) is 0.188. The van der Waals surface area contributed by atoms with Gasteiger partial charge in [-0.05, 0) is 61.1 Å². The van der Waals surface area contributed by atoms with Crippen LogP contribution in [0.2, 0.25) is 5.02 Å². The third-order valence-electron chi connectivity index (χ3n) is 2.76. The summed E-state index contributed by atoms with van der Waals surface area (Å²) in [6.07, 6.45) is 0. The van der Waals surface area contributed by atoms with Gasteiger partial charge in [0.05, 0.1) is 6.61 Å². The Morgan fingerprint density at radius 2 is 1.95 bits per heavy atom. The van der Waals surface area contributed by atoms with Gasteiger partial charge in [-0.25, -0.2) is 0 Å². The molecule has 0 bridgehead atoms. The van der Waals surface area contributed by atoms with Gasteiger partial charge in [0.25, 0.3) is 0 Å². The first-order valence-electron chi connectivity index (χ1n) is 6.69. The van der Waals surface area contributed by atoms with E-state index < -0.39 is 0 Å². The first kappa shape index (κ1) is 15.6. The van der Waals surface area contributed by atoms with E-state index in [4.69, 9.17) is 28.6 Å². The average molecular weight is 321 g/mol. The zero-order chi connectivity index (χ0) is 15.1. The standard InChI is InChI=1S/C16H17ClN2OS/c1-2-20-15-5-3-4-12(10-15)11-18-16(21)19-14-8-6-13(17)7-9-14/h3-10H,2,11H2,1H3,(H2,18,19,21). The van der Waals surface area contributed by atoms with E-state index in [2.05, 4.69) is 10.6 Å². The summed E-state index contributed by atoms with van der Waals surface area (Å²) in [4.78, 5) is 0. The number of anilines is 1. The molecule has 110 valence electrons. The second-order valence-electron chi connectivity index (χ2n) is 4.39. The zero-order valence-electron chi connectivity index (χ0n) is 11.7. The minimum absolute atomic E-state index is 0.569. The molecule has 3 nitrogen and oxygen atoms in total. The molecule has 21 heavy (non-hydrogen) atoms. The van der Waals surface area contributed by atoms with E-state index in [1.165, 1.54) is 0 Å². The van der Waals surface area contributed by atoms with Crippen LogP contribution in [0.3, 0.4) is 0 Å². The molecule has 0 atom stereocenters. The Morgan fingerprint density at radius 1 is 1.19 bits per heavy atom. The zero-order valence-corrected chi connectivity index (χ0v) is 13.3. The van der Waals surface area contributed by atoms with E-state index in [9.17, 15) is 0 Å². The quantitative estimate of drug-likeness (QED) is 0.808. The predicted molar refractivity (Wildman–Crippen MR) is 92.1 cm³/mol. The second-order valence-corrected chi connectivity index (χ2v) is 5.24. The van der Waals surface area contributed by atoms with Gasteiger partial charge in [0.15, 0.2) is 5.11 Å². The fourth-order valence-electron chi connectivity index (χ4n) is 1.80. The Hall–Kier alpha value is -1.78. The summed E-state index contributed by atoms with van der Waals surface area (Å²) in [5.41, 5.74) is 2.01. The summed E-state index contributed by atoms with van der Waals surface area (Å²) in [6, 6.07) is 15.3. The number of hydrogen-bond acceptors (Lipinski definition) is 2. The van der Waals surface area contributed by atoms with Crippen molar-refractivity contribution < 1.29 is 4.74 Å². The number of halogens is 1. The molecule has 2 aromatic rings. The Labute approximate surface area is 135 Å². The van der Waals surface area contributed by atoms with Crippen molar-refractivity contribution >= 4 is 34.6 Å². The molecule has 2 aromatic carbocycles. The van der Waals surface area contributed by atoms with Crippen LogP contribution in [0.5, 0.6) is 5.75 Å². The number of rotatable bonds is 5. The van der Waals surface area contributed by atoms with Gasteiger partial charge in [0.2, 0.25) is 0 Å². The number of nitrogens with one attached hydrogen (secondary N) is 2. The molecule has 0 heterocycles. The van der Waals surface area contributed by atoms with Gasteiger partial charge in [0.1, 0.15) is 5.75 Å². The van der Waals surface area contributed by atoms with E-state index in [0.717, 1.165) is 17.0 Å². The Morgan fingerprint density at radius 3 is 2.67 bits per heavy atom. The molecular formula is C16H17ClN2OS. The average Bonchev–Trinajstić information content (AvgIpc) is 2.48. The minimum atomic E-state index is 0.569. The summed E-state index contributed by atoms with van der Waals surface area (Å²) < 4.78 is 5.47. The normalized spacial score (nSPS) is 10.0. The van der Waals surface area contributed by atoms with Crippen LogP contribution in [0.4, 0.5) is 5.69 Å². The Kier molecular flexibility index (Phi) is 5.84. The van der Waals surface area contributed by atoms with E-state index in [1.807, 2.05) is 55.5 Å². The molecule has 0 amide bonds. The summed E-state index contributed by atoms with van der Waals surface area (Å²) in [5, 5.41) is 7.54. The second kappa shape index (κ2) is 7.86. The van der Waals surface area contributed by atoms with Crippen LogP contribution in [0, 0.1) is 0 Å². The topological polar surface area (TPSA) is 33.3 Å². The van der Waals surface area contributed by atoms with Gasteiger partial charge in [0, 0.05) is 17.3 Å². The monoisotopic (exact) mass is 320 g/mol. The molecule has 0 aliphatic heterocycles. The number of thiocarbonyl (C=S) groups is 1. The van der Waals surface area contributed by atoms with Gasteiger partial charge in [-0.3, -0.25) is 0 Å². The third-order valence-corrected chi connectivity index (χ3v) is 3.26. The van der Waals surface area contributed by atoms with E-state index >= 15 is 0 Å². The summed E-state index contributed by atoms with van der Waals surface area (Å²) in [5.74, 6) is 0.869. The molecule has 2 N–H and O–H groups in total. The van der Waals surface area contributed by atoms with Gasteiger partial charge < -0.3 is 15.4 Å². The molecule has 0 saturated heterocycles. The first-order valence-corrected chi connectivity index (χ1v) is 7.48. The molecule has 0 fully saturated rings. The molecule has 0 radical (unpaired) electrons. The highest BCUT2D eigenvalue weighted by molar-refractivity contribution is 7.80. The van der Waals surface area contributed by atoms with Gasteiger partial charge in [-0.2, -0.15) is 0 Å². The van der Waals surface area contributed by atoms with Gasteiger partial charge >= 0.3 is 0 Å². The SMILES string of the molecule is CCOc1cccc(CNC(=S)Nc2ccc(Cl)cc2)c1. The highest BCUT2D eigenvalue weighted by Crippen LogP contribution is 2.14. The van der Waals surface area contributed by atoms with Crippen molar-refractivity contribution in [2.75, 3.05) is 11.9 Å². The van der Waals surface area contributed by atoms with Crippen LogP contribution in [-0.4, -0.2) is 11.7 Å². The summed E-state index contributed by atoms with van der Waals surface area (Å²) in [7, 11) is 0. The number of hydrogen-bond donors (Lipinski definition) is 2. The molecular weight excluding hydrogens is 304 g/mol. The van der Waals surface area contributed by atoms with Crippen LogP contribution < -0.4 is 15.4 Å². The van der Waals surface area contributed by atoms with Crippen LogP contribution in [0.1, 0.15) is 12.5 Å². The van der Waals surface area contributed by atoms with Crippen molar-refractivity contribution in [1.29, 1.82) is 0 Å². The number of ether oxygens (including phenoxy) is 1. The highest BCUT2D eigenvalue weighted by Gasteiger charge is 2.00. The third kappa shape index (κ3) is 5.25. The fourth-order valence-corrected chi connectivity index (χ4v) is 2.12. The van der Waals surface area contributed by atoms with Crippen molar-refractivity contribution in [2.24, 2.45) is 0 Å². The Balaban J connectivity index is 1.86. The van der Waals surface area contributed by atoms with Crippen LogP contribution in [0.15, 0.2) is 48.5 Å². The van der Waals surface area contributed by atoms with Crippen molar-refractivity contribution in [2.45, 2.75) is 13.5 Å². The minimum Gasteiger partial charge on any atom is -0.494 e. The molecule has 5 heteroatoms. The lowest BCUT2D eigenvalue weighted by molar-refractivity contribution is 0.340. The lowest BCUT2D eigenvalue weighted by atomic mass is 10.2. The smallest absolute Gasteiger partial charge is 0.171 e. The predicted octanol–water partition coefficient (Wildman–Crippen LogP) is 4.23. The van der Waals surface area contributed by atoms with E-state index in [0.29, 0.717) is 23.3 Å². The summed E-state index contributed by atoms with van der Waals surface area (Å²) in [6.45, 7) is 3.27. The highest BCUT2D eigenvalue weighted by atomic mass is 35.5. The maximum atomic E-state index is 5.84.